The molecule has 1 aliphatic carbocycles. The Hall–Kier alpha value is -1.55. The number of benzene rings is 1. The lowest BCUT2D eigenvalue weighted by molar-refractivity contribution is -0.122. The number of carbonyl (C=O) groups is 1. The van der Waals surface area contributed by atoms with E-state index in [2.05, 4.69) is 31.0 Å². The Morgan fingerprint density at radius 2 is 1.90 bits per heavy atom. The van der Waals surface area contributed by atoms with E-state index in [9.17, 15) is 4.79 Å². The lowest BCUT2D eigenvalue weighted by atomic mass is 10.0. The lowest BCUT2D eigenvalue weighted by Crippen LogP contribution is -2.38. The van der Waals surface area contributed by atoms with Crippen molar-refractivity contribution in [1.82, 2.24) is 0 Å². The molecule has 0 radical (unpaired) electrons. The van der Waals surface area contributed by atoms with Gasteiger partial charge in [-0.3, -0.25) is 4.79 Å². The van der Waals surface area contributed by atoms with Crippen molar-refractivity contribution in [2.24, 2.45) is 17.6 Å². The van der Waals surface area contributed by atoms with E-state index in [-0.39, 0.29) is 17.9 Å². The molecule has 21 heavy (non-hydrogen) atoms. The molecule has 0 aromatic heterocycles. The molecule has 2 N–H and O–H groups in total. The molecule has 1 aliphatic heterocycles. The lowest BCUT2D eigenvalue weighted by Gasteiger charge is -2.27. The third kappa shape index (κ3) is 2.77. The van der Waals surface area contributed by atoms with Crippen LogP contribution in [0.1, 0.15) is 26.2 Å². The maximum Gasteiger partial charge on any atom is 0.230 e. The number of hydrogen-bond donors (Lipinski definition) is 1. The molecule has 4 nitrogen and oxygen atoms in total. The van der Waals surface area contributed by atoms with Crippen LogP contribution in [0.3, 0.4) is 0 Å². The third-order valence-electron chi connectivity index (χ3n) is 4.75. The molecule has 3 rings (SSSR count). The van der Waals surface area contributed by atoms with E-state index >= 15 is 0 Å². The molecule has 4 heteroatoms. The number of nitrogens with two attached hydrogens (primary N) is 1. The highest BCUT2D eigenvalue weighted by molar-refractivity contribution is 5.98. The van der Waals surface area contributed by atoms with Gasteiger partial charge >= 0.3 is 0 Å². The summed E-state index contributed by atoms with van der Waals surface area (Å²) < 4.78 is 0. The van der Waals surface area contributed by atoms with Crippen molar-refractivity contribution in [3.63, 3.8) is 0 Å². The smallest absolute Gasteiger partial charge is 0.230 e. The van der Waals surface area contributed by atoms with Crippen molar-refractivity contribution in [1.29, 1.82) is 0 Å². The summed E-state index contributed by atoms with van der Waals surface area (Å²) in [7, 11) is 2.11. The van der Waals surface area contributed by atoms with Gasteiger partial charge in [-0.05, 0) is 37.3 Å². The Balaban J connectivity index is 1.92. The summed E-state index contributed by atoms with van der Waals surface area (Å²) >= 11 is 0. The summed E-state index contributed by atoms with van der Waals surface area (Å²) in [4.78, 5) is 17.2. The van der Waals surface area contributed by atoms with Crippen molar-refractivity contribution in [3.05, 3.63) is 24.3 Å². The average Bonchev–Trinajstić information content (AvgIpc) is 2.85. The molecule has 2 aliphatic rings. The van der Waals surface area contributed by atoms with E-state index in [0.717, 1.165) is 43.7 Å². The van der Waals surface area contributed by atoms with Gasteiger partial charge in [0.1, 0.15) is 0 Å². The number of hydrogen-bond acceptors (Lipinski definition) is 3. The second-order valence-corrected chi connectivity index (χ2v) is 6.69. The van der Waals surface area contributed by atoms with Crippen LogP contribution in [0.2, 0.25) is 0 Å². The number of rotatable bonds is 1. The highest BCUT2D eigenvalue weighted by atomic mass is 16.2. The van der Waals surface area contributed by atoms with Gasteiger partial charge in [0.05, 0.1) is 11.4 Å². The van der Waals surface area contributed by atoms with Gasteiger partial charge in [-0.2, -0.15) is 0 Å². The molecule has 1 saturated carbocycles. The fourth-order valence-electron chi connectivity index (χ4n) is 3.72. The van der Waals surface area contributed by atoms with E-state index in [4.69, 9.17) is 5.73 Å². The van der Waals surface area contributed by atoms with Gasteiger partial charge < -0.3 is 15.5 Å². The average molecular weight is 287 g/mol. The minimum Gasteiger partial charge on any atom is -0.373 e. The molecule has 0 saturated heterocycles. The molecular weight excluding hydrogens is 262 g/mol. The fourth-order valence-corrected chi connectivity index (χ4v) is 3.72. The largest absolute Gasteiger partial charge is 0.373 e. The standard InChI is InChI=1S/C17H25N3O/c1-12-10-19(2)15-5-3-4-6-16(15)20(11-12)17(21)13-7-8-14(18)9-13/h3-6,12-14H,7-11,18H2,1-2H3/t12-,13+,14+/m1/s1. The summed E-state index contributed by atoms with van der Waals surface area (Å²) in [5, 5.41) is 0. The first-order chi connectivity index (χ1) is 10.1. The Labute approximate surface area is 126 Å². The molecule has 1 amide bonds. The van der Waals surface area contributed by atoms with Gasteiger partial charge in [0.15, 0.2) is 0 Å². The van der Waals surface area contributed by atoms with Gasteiger partial charge in [-0.1, -0.05) is 19.1 Å². The van der Waals surface area contributed by atoms with Gasteiger partial charge in [0, 0.05) is 32.1 Å². The van der Waals surface area contributed by atoms with Crippen LogP contribution in [-0.2, 0) is 4.79 Å². The number of para-hydroxylation sites is 2. The predicted molar refractivity (Wildman–Crippen MR) is 86.5 cm³/mol. The van der Waals surface area contributed by atoms with Crippen molar-refractivity contribution in [3.8, 4) is 0 Å². The van der Waals surface area contributed by atoms with Crippen LogP contribution in [-0.4, -0.2) is 32.1 Å². The first kappa shape index (κ1) is 14.4. The SMILES string of the molecule is C[C@@H]1CN(C)c2ccccc2N(C(=O)[C@H]2CC[C@H](N)C2)C1. The van der Waals surface area contributed by atoms with E-state index in [1.54, 1.807) is 0 Å². The molecule has 1 heterocycles. The number of nitrogens with zero attached hydrogens (tertiary/aromatic N) is 2. The van der Waals surface area contributed by atoms with Gasteiger partial charge in [0.25, 0.3) is 0 Å². The van der Waals surface area contributed by atoms with E-state index in [1.807, 2.05) is 17.0 Å². The van der Waals surface area contributed by atoms with E-state index < -0.39 is 0 Å². The minimum absolute atomic E-state index is 0.101. The fraction of sp³-hybridized carbons (Fsp3) is 0.588. The molecule has 0 bridgehead atoms. The predicted octanol–water partition coefficient (Wildman–Crippen LogP) is 2.23. The normalized spacial score (nSPS) is 29.2. The first-order valence-corrected chi connectivity index (χ1v) is 7.93. The van der Waals surface area contributed by atoms with Crippen molar-refractivity contribution in [2.75, 3.05) is 29.9 Å². The van der Waals surface area contributed by atoms with Crippen LogP contribution >= 0.6 is 0 Å². The van der Waals surface area contributed by atoms with Gasteiger partial charge in [0.2, 0.25) is 5.91 Å². The molecule has 0 unspecified atom stereocenters. The number of amides is 1. The molecule has 1 fully saturated rings. The molecule has 1 aromatic rings. The maximum atomic E-state index is 13.0. The third-order valence-corrected chi connectivity index (χ3v) is 4.75. The Bertz CT molecular complexity index is 531. The Morgan fingerprint density at radius 3 is 2.57 bits per heavy atom. The van der Waals surface area contributed by atoms with Crippen LogP contribution in [0, 0.1) is 11.8 Å². The zero-order valence-electron chi connectivity index (χ0n) is 13.0. The van der Waals surface area contributed by atoms with Crippen LogP contribution in [0.15, 0.2) is 24.3 Å². The van der Waals surface area contributed by atoms with Crippen LogP contribution in [0.25, 0.3) is 0 Å². The number of fused-ring (bicyclic) bond motifs is 1. The van der Waals surface area contributed by atoms with Crippen molar-refractivity contribution in [2.45, 2.75) is 32.2 Å². The summed E-state index contributed by atoms with van der Waals surface area (Å²) in [6.07, 6.45) is 2.74. The highest BCUT2D eigenvalue weighted by Crippen LogP contribution is 2.35. The van der Waals surface area contributed by atoms with Crippen molar-refractivity contribution >= 4 is 17.3 Å². The first-order valence-electron chi connectivity index (χ1n) is 7.93. The quantitative estimate of drug-likeness (QED) is 0.861. The number of anilines is 2. The highest BCUT2D eigenvalue weighted by Gasteiger charge is 2.34. The van der Waals surface area contributed by atoms with Crippen LogP contribution in [0.4, 0.5) is 11.4 Å². The summed E-state index contributed by atoms with van der Waals surface area (Å²) in [6, 6.07) is 8.43. The summed E-state index contributed by atoms with van der Waals surface area (Å²) in [5.41, 5.74) is 8.19. The van der Waals surface area contributed by atoms with Crippen LogP contribution < -0.4 is 15.5 Å². The molecular formula is C17H25N3O. The minimum atomic E-state index is 0.101. The van der Waals surface area contributed by atoms with Gasteiger partial charge in [-0.15, -0.1) is 0 Å². The topological polar surface area (TPSA) is 49.6 Å². The molecule has 1 aromatic carbocycles. The monoisotopic (exact) mass is 287 g/mol. The zero-order chi connectivity index (χ0) is 15.0. The summed E-state index contributed by atoms with van der Waals surface area (Å²) in [6.45, 7) is 3.99. The molecule has 0 spiro atoms. The van der Waals surface area contributed by atoms with E-state index in [1.165, 1.54) is 0 Å². The summed E-state index contributed by atoms with van der Waals surface area (Å²) in [5.74, 6) is 0.822. The van der Waals surface area contributed by atoms with E-state index in [0.29, 0.717) is 5.92 Å². The maximum absolute atomic E-state index is 13.0. The number of carbonyl (C=O) groups excluding carboxylic acids is 1. The molecule has 114 valence electrons. The second kappa shape index (κ2) is 5.68. The van der Waals surface area contributed by atoms with Crippen LogP contribution in [0.5, 0.6) is 0 Å². The van der Waals surface area contributed by atoms with Gasteiger partial charge in [-0.25, -0.2) is 0 Å². The Morgan fingerprint density at radius 1 is 1.19 bits per heavy atom. The molecule has 3 atom stereocenters. The Kier molecular flexibility index (Phi) is 3.89. The van der Waals surface area contributed by atoms with Crippen molar-refractivity contribution < 1.29 is 4.79 Å². The zero-order valence-corrected chi connectivity index (χ0v) is 13.0. The second-order valence-electron chi connectivity index (χ2n) is 6.69.